The number of ether oxygens (including phenoxy) is 3. The summed E-state index contributed by atoms with van der Waals surface area (Å²) in [7, 11) is 0. The first kappa shape index (κ1) is 24.8. The molecule has 0 bridgehead atoms. The average Bonchev–Trinajstić information content (AvgIpc) is 2.87. The van der Waals surface area contributed by atoms with Gasteiger partial charge in [0.15, 0.2) is 6.10 Å². The number of hydrogen-bond donors (Lipinski definition) is 3. The van der Waals surface area contributed by atoms with E-state index in [-0.39, 0.29) is 26.2 Å². The van der Waals surface area contributed by atoms with Gasteiger partial charge in [-0.15, -0.1) is 0 Å². The lowest BCUT2D eigenvalue weighted by Gasteiger charge is -2.28. The van der Waals surface area contributed by atoms with E-state index in [0.717, 1.165) is 0 Å². The van der Waals surface area contributed by atoms with Gasteiger partial charge in [-0.1, -0.05) is 48.5 Å². The van der Waals surface area contributed by atoms with Crippen molar-refractivity contribution in [2.75, 3.05) is 19.8 Å². The molecule has 0 aliphatic carbocycles. The van der Waals surface area contributed by atoms with Crippen LogP contribution in [-0.2, 0) is 4.74 Å². The van der Waals surface area contributed by atoms with Gasteiger partial charge in [0.25, 0.3) is 5.91 Å². The smallest absolute Gasteiger partial charge is 0.414 e. The summed E-state index contributed by atoms with van der Waals surface area (Å²) in [5.74, 6) is 0.387. The Morgan fingerprint density at radius 3 is 2.18 bits per heavy atom. The zero-order valence-electron chi connectivity index (χ0n) is 18.5. The molecule has 8 nitrogen and oxygen atoms in total. The molecular weight excluding hydrogens is 438 g/mol. The van der Waals surface area contributed by atoms with Crippen molar-refractivity contribution < 1.29 is 34.0 Å². The Morgan fingerprint density at radius 2 is 1.50 bits per heavy atom. The lowest BCUT2D eigenvalue weighted by atomic mass is 10.0. The van der Waals surface area contributed by atoms with Crippen LogP contribution in [0.3, 0.4) is 0 Å². The normalized spacial score (nSPS) is 12.3. The largest absolute Gasteiger partial charge is 0.491 e. The Kier molecular flexibility index (Phi) is 9.45. The summed E-state index contributed by atoms with van der Waals surface area (Å²) in [6.45, 7) is -0.275. The lowest BCUT2D eigenvalue weighted by Crippen LogP contribution is -2.36. The molecule has 0 radical (unpaired) electrons. The number of hydrogen-bond acceptors (Lipinski definition) is 7. The Labute approximate surface area is 197 Å². The number of imide groups is 1. The molecule has 0 fully saturated rings. The topological polar surface area (TPSA) is 114 Å². The molecule has 3 aromatic carbocycles. The molecule has 0 heterocycles. The molecule has 0 aliphatic heterocycles. The second-order valence-electron chi connectivity index (χ2n) is 7.27. The van der Waals surface area contributed by atoms with Crippen LogP contribution in [0.15, 0.2) is 84.9 Å². The number of nitrogens with one attached hydrogen (secondary N) is 1. The van der Waals surface area contributed by atoms with Gasteiger partial charge in [-0.25, -0.2) is 4.79 Å². The maximum atomic E-state index is 12.7. The van der Waals surface area contributed by atoms with Crippen molar-refractivity contribution in [3.63, 3.8) is 0 Å². The SMILES string of the molecule is O=C(NC(=O)c1ccccc1)O[C@@H](c1cccc(OCCO)c1)[C@H](CCO)Oc1ccccc1. The third kappa shape index (κ3) is 7.33. The molecule has 0 aromatic heterocycles. The average molecular weight is 466 g/mol. The van der Waals surface area contributed by atoms with Gasteiger partial charge < -0.3 is 24.4 Å². The summed E-state index contributed by atoms with van der Waals surface area (Å²) >= 11 is 0. The fourth-order valence-electron chi connectivity index (χ4n) is 3.28. The third-order valence-electron chi connectivity index (χ3n) is 4.81. The molecule has 2 amide bonds. The molecule has 3 N–H and O–H groups in total. The Morgan fingerprint density at radius 1 is 0.824 bits per heavy atom. The molecule has 0 aliphatic rings. The van der Waals surface area contributed by atoms with E-state index in [2.05, 4.69) is 5.32 Å². The van der Waals surface area contributed by atoms with Crippen LogP contribution in [-0.4, -0.2) is 48.1 Å². The molecule has 0 saturated heterocycles. The number of para-hydroxylation sites is 1. The quantitative estimate of drug-likeness (QED) is 0.397. The number of rotatable bonds is 11. The van der Waals surface area contributed by atoms with Gasteiger partial charge in [0.1, 0.15) is 24.2 Å². The Bertz CT molecular complexity index is 1040. The Balaban J connectivity index is 1.85. The maximum absolute atomic E-state index is 12.7. The molecule has 3 aromatic rings. The standard InChI is InChI=1S/C26H27NO7/c28-15-14-23(33-21-11-5-2-6-12-21)24(20-10-7-13-22(18-20)32-17-16-29)34-26(31)27-25(30)19-8-3-1-4-9-19/h1-13,18,23-24,28-29H,14-17H2,(H,27,30,31)/t23-,24-/m0/s1. The summed E-state index contributed by atoms with van der Waals surface area (Å²) in [5.41, 5.74) is 0.843. The van der Waals surface area contributed by atoms with Crippen LogP contribution in [0, 0.1) is 0 Å². The van der Waals surface area contributed by atoms with Gasteiger partial charge in [-0.3, -0.25) is 10.1 Å². The van der Waals surface area contributed by atoms with Crippen LogP contribution in [0.1, 0.15) is 28.4 Å². The number of benzene rings is 3. The van der Waals surface area contributed by atoms with Crippen molar-refractivity contribution in [3.05, 3.63) is 96.1 Å². The summed E-state index contributed by atoms with van der Waals surface area (Å²) in [6.07, 6.45) is -2.55. The van der Waals surface area contributed by atoms with Crippen molar-refractivity contribution in [1.29, 1.82) is 0 Å². The van der Waals surface area contributed by atoms with Crippen molar-refractivity contribution in [2.45, 2.75) is 18.6 Å². The molecule has 178 valence electrons. The molecular formula is C26H27NO7. The number of aliphatic hydroxyl groups is 2. The fourth-order valence-corrected chi connectivity index (χ4v) is 3.28. The third-order valence-corrected chi connectivity index (χ3v) is 4.81. The minimum Gasteiger partial charge on any atom is -0.491 e. The molecule has 0 saturated carbocycles. The predicted molar refractivity (Wildman–Crippen MR) is 125 cm³/mol. The van der Waals surface area contributed by atoms with Crippen molar-refractivity contribution >= 4 is 12.0 Å². The highest BCUT2D eigenvalue weighted by atomic mass is 16.6. The number of alkyl carbamates (subject to hydrolysis) is 1. The number of carbonyl (C=O) groups excluding carboxylic acids is 2. The molecule has 34 heavy (non-hydrogen) atoms. The molecule has 2 atom stereocenters. The van der Waals surface area contributed by atoms with E-state index in [1.54, 1.807) is 78.9 Å². The van der Waals surface area contributed by atoms with E-state index in [1.165, 1.54) is 0 Å². The minimum absolute atomic E-state index is 0.0988. The van der Waals surface area contributed by atoms with Crippen LogP contribution in [0.2, 0.25) is 0 Å². The maximum Gasteiger partial charge on any atom is 0.414 e. The van der Waals surface area contributed by atoms with Crippen molar-refractivity contribution in [3.8, 4) is 11.5 Å². The molecule has 8 heteroatoms. The summed E-state index contributed by atoms with van der Waals surface area (Å²) in [6, 6.07) is 24.0. The molecule has 0 unspecified atom stereocenters. The minimum atomic E-state index is -0.978. The summed E-state index contributed by atoms with van der Waals surface area (Å²) in [4.78, 5) is 25.1. The van der Waals surface area contributed by atoms with Gasteiger partial charge in [-0.2, -0.15) is 0 Å². The number of aliphatic hydroxyl groups excluding tert-OH is 2. The van der Waals surface area contributed by atoms with E-state index in [1.807, 2.05) is 6.07 Å². The molecule has 3 rings (SSSR count). The van der Waals surface area contributed by atoms with E-state index in [0.29, 0.717) is 22.6 Å². The second kappa shape index (κ2) is 13.0. The summed E-state index contributed by atoms with van der Waals surface area (Å²) < 4.78 is 17.2. The number of amides is 2. The van der Waals surface area contributed by atoms with Gasteiger partial charge in [0.2, 0.25) is 0 Å². The highest BCUT2D eigenvalue weighted by molar-refractivity contribution is 6.02. The highest BCUT2D eigenvalue weighted by Crippen LogP contribution is 2.30. The first-order valence-corrected chi connectivity index (χ1v) is 10.8. The number of carbonyl (C=O) groups is 2. The fraction of sp³-hybridized carbons (Fsp3) is 0.231. The van der Waals surface area contributed by atoms with Crippen molar-refractivity contribution in [2.24, 2.45) is 0 Å². The Hall–Kier alpha value is -3.88. The summed E-state index contributed by atoms with van der Waals surface area (Å²) in [5, 5.41) is 20.9. The van der Waals surface area contributed by atoms with Crippen LogP contribution < -0.4 is 14.8 Å². The van der Waals surface area contributed by atoms with E-state index in [9.17, 15) is 14.7 Å². The van der Waals surface area contributed by atoms with Crippen LogP contribution in [0.4, 0.5) is 4.79 Å². The first-order chi connectivity index (χ1) is 16.6. The van der Waals surface area contributed by atoms with Crippen molar-refractivity contribution in [1.82, 2.24) is 5.32 Å². The first-order valence-electron chi connectivity index (χ1n) is 10.8. The zero-order valence-corrected chi connectivity index (χ0v) is 18.5. The van der Waals surface area contributed by atoms with Gasteiger partial charge in [0, 0.05) is 18.6 Å². The van der Waals surface area contributed by atoms with E-state index >= 15 is 0 Å². The second-order valence-corrected chi connectivity index (χ2v) is 7.27. The molecule has 0 spiro atoms. The van der Waals surface area contributed by atoms with E-state index in [4.69, 9.17) is 19.3 Å². The predicted octanol–water partition coefficient (Wildman–Crippen LogP) is 3.50. The lowest BCUT2D eigenvalue weighted by molar-refractivity contribution is 0.00377. The van der Waals surface area contributed by atoms with Crippen LogP contribution >= 0.6 is 0 Å². The van der Waals surface area contributed by atoms with Gasteiger partial charge in [0.05, 0.1) is 6.61 Å². The van der Waals surface area contributed by atoms with E-state index < -0.39 is 24.2 Å². The van der Waals surface area contributed by atoms with Gasteiger partial charge in [-0.05, 0) is 42.0 Å². The highest BCUT2D eigenvalue weighted by Gasteiger charge is 2.30. The van der Waals surface area contributed by atoms with Gasteiger partial charge >= 0.3 is 6.09 Å². The zero-order chi connectivity index (χ0) is 24.2. The van der Waals surface area contributed by atoms with Crippen LogP contribution in [0.5, 0.6) is 11.5 Å². The monoisotopic (exact) mass is 465 g/mol. The van der Waals surface area contributed by atoms with Crippen LogP contribution in [0.25, 0.3) is 0 Å².